The summed E-state index contributed by atoms with van der Waals surface area (Å²) >= 11 is 5.84. The third kappa shape index (κ3) is 4.49. The monoisotopic (exact) mass is 488 g/mol. The van der Waals surface area contributed by atoms with Gasteiger partial charge < -0.3 is 5.32 Å². The van der Waals surface area contributed by atoms with E-state index >= 15 is 0 Å². The molecule has 3 aromatic heterocycles. The van der Waals surface area contributed by atoms with Crippen molar-refractivity contribution >= 4 is 23.2 Å². The number of hydrogen-bond donors (Lipinski definition) is 1. The van der Waals surface area contributed by atoms with Crippen molar-refractivity contribution < 1.29 is 31.1 Å². The molecule has 0 aliphatic heterocycles. The molecule has 172 valence electrons. The maximum Gasteiger partial charge on any atom is 0.434 e. The van der Waals surface area contributed by atoms with Crippen LogP contribution in [-0.4, -0.2) is 30.3 Å². The van der Waals surface area contributed by atoms with Crippen molar-refractivity contribution in [3.63, 3.8) is 0 Å². The van der Waals surface area contributed by atoms with Crippen LogP contribution in [0.15, 0.2) is 48.8 Å². The largest absolute Gasteiger partial charge is 0.434 e. The summed E-state index contributed by atoms with van der Waals surface area (Å²) in [5, 5.41) is 13.4. The predicted octanol–water partition coefficient (Wildman–Crippen LogP) is 4.54. The molecule has 0 bridgehead atoms. The molecule has 0 aliphatic rings. The molecule has 0 fully saturated rings. The topological polar surface area (TPSA) is 77.1 Å². The van der Waals surface area contributed by atoms with Crippen LogP contribution in [0, 0.1) is 0 Å². The van der Waals surface area contributed by atoms with E-state index in [1.165, 1.54) is 24.3 Å². The van der Waals surface area contributed by atoms with Gasteiger partial charge in [0.15, 0.2) is 17.2 Å². The summed E-state index contributed by atoms with van der Waals surface area (Å²) in [6.45, 7) is -0.485. The van der Waals surface area contributed by atoms with Crippen LogP contribution in [0.1, 0.15) is 27.4 Å². The summed E-state index contributed by atoms with van der Waals surface area (Å²) in [5.41, 5.74) is -3.06. The molecule has 0 spiro atoms. The summed E-state index contributed by atoms with van der Waals surface area (Å²) in [6, 6.07) is 7.35. The molecule has 0 aliphatic carbocycles. The van der Waals surface area contributed by atoms with Crippen molar-refractivity contribution in [3.8, 4) is 5.69 Å². The van der Waals surface area contributed by atoms with E-state index in [0.29, 0.717) is 4.68 Å². The van der Waals surface area contributed by atoms with Crippen molar-refractivity contribution in [2.24, 2.45) is 0 Å². The summed E-state index contributed by atoms with van der Waals surface area (Å²) in [7, 11) is 0. The fourth-order valence-electron chi connectivity index (χ4n) is 3.07. The van der Waals surface area contributed by atoms with Crippen LogP contribution in [0.4, 0.5) is 26.3 Å². The van der Waals surface area contributed by atoms with Gasteiger partial charge in [0.2, 0.25) is 0 Å². The number of carbonyl (C=O) groups excluding carboxylic acids is 1. The number of hydrogen-bond acceptors (Lipinski definition) is 4. The van der Waals surface area contributed by atoms with Crippen molar-refractivity contribution in [1.29, 1.82) is 0 Å². The number of alkyl halides is 6. The van der Waals surface area contributed by atoms with Gasteiger partial charge in [-0.3, -0.25) is 9.20 Å². The average molecular weight is 489 g/mol. The Balaban J connectivity index is 1.63. The molecule has 4 aromatic rings. The van der Waals surface area contributed by atoms with Crippen LogP contribution in [0.2, 0.25) is 5.02 Å². The van der Waals surface area contributed by atoms with E-state index in [4.69, 9.17) is 11.6 Å². The van der Waals surface area contributed by atoms with E-state index in [-0.39, 0.29) is 22.2 Å². The average Bonchev–Trinajstić information content (AvgIpc) is 3.35. The Morgan fingerprint density at radius 2 is 1.79 bits per heavy atom. The van der Waals surface area contributed by atoms with E-state index in [0.717, 1.165) is 28.9 Å². The Morgan fingerprint density at radius 3 is 2.45 bits per heavy atom. The Hall–Kier alpha value is -3.61. The summed E-state index contributed by atoms with van der Waals surface area (Å²) in [5.74, 6) is -1.26. The molecular weight excluding hydrogens is 478 g/mol. The number of amides is 1. The first kappa shape index (κ1) is 22.6. The van der Waals surface area contributed by atoms with Crippen LogP contribution in [0.5, 0.6) is 0 Å². The van der Waals surface area contributed by atoms with Crippen LogP contribution in [0.3, 0.4) is 0 Å². The molecule has 0 saturated heterocycles. The number of halogens is 7. The third-order valence-electron chi connectivity index (χ3n) is 4.54. The molecule has 1 N–H and O–H groups in total. The summed E-state index contributed by atoms with van der Waals surface area (Å²) < 4.78 is 81.7. The second-order valence-electron chi connectivity index (χ2n) is 6.74. The lowest BCUT2D eigenvalue weighted by atomic mass is 10.2. The maximum absolute atomic E-state index is 13.8. The van der Waals surface area contributed by atoms with Crippen LogP contribution < -0.4 is 5.32 Å². The van der Waals surface area contributed by atoms with Crippen molar-refractivity contribution in [1.82, 2.24) is 29.7 Å². The van der Waals surface area contributed by atoms with Crippen molar-refractivity contribution in [3.05, 3.63) is 76.5 Å². The fourth-order valence-corrected chi connectivity index (χ4v) is 3.26. The van der Waals surface area contributed by atoms with Gasteiger partial charge in [0.1, 0.15) is 0 Å². The number of aromatic nitrogens is 5. The van der Waals surface area contributed by atoms with Gasteiger partial charge in [-0.1, -0.05) is 17.7 Å². The highest BCUT2D eigenvalue weighted by Gasteiger charge is 2.40. The van der Waals surface area contributed by atoms with E-state index in [1.807, 2.05) is 0 Å². The smallest absolute Gasteiger partial charge is 0.345 e. The minimum absolute atomic E-state index is 0.0167. The van der Waals surface area contributed by atoms with E-state index < -0.39 is 41.6 Å². The zero-order valence-corrected chi connectivity index (χ0v) is 16.9. The summed E-state index contributed by atoms with van der Waals surface area (Å²) in [4.78, 5) is 12.6. The Bertz CT molecular complexity index is 1340. The van der Waals surface area contributed by atoms with Crippen LogP contribution in [-0.2, 0) is 18.9 Å². The molecule has 0 saturated carbocycles. The lowest BCUT2D eigenvalue weighted by Gasteiger charge is -2.13. The van der Waals surface area contributed by atoms with Crippen LogP contribution in [0.25, 0.3) is 11.3 Å². The van der Waals surface area contributed by atoms with Gasteiger partial charge in [-0.25, -0.2) is 4.68 Å². The first-order chi connectivity index (χ1) is 15.4. The highest BCUT2D eigenvalue weighted by molar-refractivity contribution is 6.30. The number of fused-ring (bicyclic) bond motifs is 1. The predicted molar refractivity (Wildman–Crippen MR) is 103 cm³/mol. The molecule has 1 amide bonds. The number of nitrogens with zero attached hydrogens (tertiary/aromatic N) is 5. The fraction of sp³-hybridized carbons (Fsp3) is 0.158. The molecule has 3 heterocycles. The Labute approximate surface area is 185 Å². The van der Waals surface area contributed by atoms with Gasteiger partial charge in [0.05, 0.1) is 29.6 Å². The lowest BCUT2D eigenvalue weighted by Crippen LogP contribution is -2.27. The van der Waals surface area contributed by atoms with E-state index in [2.05, 4.69) is 20.6 Å². The molecule has 4 rings (SSSR count). The van der Waals surface area contributed by atoms with Gasteiger partial charge in [0.25, 0.3) is 5.91 Å². The standard InChI is InChI=1S/C19H11ClF6N6O/c20-11-2-1-3-12(6-11)32-16(19(24,25)26)13(7-28-32)17(33)27-8-15-30-29-14-5-4-10(9-31(14)15)18(21,22)23/h1-7,9H,8H2,(H,27,33). The number of pyridine rings is 1. The maximum atomic E-state index is 13.8. The van der Waals surface area contributed by atoms with E-state index in [9.17, 15) is 31.1 Å². The quantitative estimate of drug-likeness (QED) is 0.428. The number of rotatable bonds is 4. The number of carbonyl (C=O) groups is 1. The second-order valence-corrected chi connectivity index (χ2v) is 7.18. The zero-order valence-electron chi connectivity index (χ0n) is 16.1. The van der Waals surface area contributed by atoms with Gasteiger partial charge in [-0.05, 0) is 30.3 Å². The van der Waals surface area contributed by atoms with Crippen LogP contribution >= 0.6 is 11.6 Å². The Kier molecular flexibility index (Phi) is 5.52. The van der Waals surface area contributed by atoms with Gasteiger partial charge in [0, 0.05) is 11.2 Å². The lowest BCUT2D eigenvalue weighted by molar-refractivity contribution is -0.143. The zero-order chi connectivity index (χ0) is 24.0. The molecule has 0 atom stereocenters. The molecule has 0 unspecified atom stereocenters. The molecule has 1 aromatic carbocycles. The normalized spacial score (nSPS) is 12.3. The highest BCUT2D eigenvalue weighted by Crippen LogP contribution is 2.34. The SMILES string of the molecule is O=C(NCc1nnc2ccc(C(F)(F)F)cn12)c1cnn(-c2cccc(Cl)c2)c1C(F)(F)F. The third-order valence-corrected chi connectivity index (χ3v) is 4.78. The molecule has 33 heavy (non-hydrogen) atoms. The first-order valence-electron chi connectivity index (χ1n) is 9.05. The molecule has 7 nitrogen and oxygen atoms in total. The van der Waals surface area contributed by atoms with E-state index in [1.54, 1.807) is 0 Å². The minimum atomic E-state index is -4.95. The molecule has 14 heteroatoms. The molecule has 0 radical (unpaired) electrons. The van der Waals surface area contributed by atoms with Gasteiger partial charge >= 0.3 is 12.4 Å². The number of nitrogens with one attached hydrogen (secondary N) is 1. The number of benzene rings is 1. The van der Waals surface area contributed by atoms with Gasteiger partial charge in [-0.15, -0.1) is 10.2 Å². The summed E-state index contributed by atoms with van der Waals surface area (Å²) in [6.07, 6.45) is -8.11. The highest BCUT2D eigenvalue weighted by atomic mass is 35.5. The second kappa shape index (κ2) is 8.06. The molecular formula is C19H11ClF6N6O. The van der Waals surface area contributed by atoms with Crippen molar-refractivity contribution in [2.75, 3.05) is 0 Å². The minimum Gasteiger partial charge on any atom is -0.345 e. The Morgan fingerprint density at radius 1 is 1.03 bits per heavy atom. The van der Waals surface area contributed by atoms with Gasteiger partial charge in [-0.2, -0.15) is 31.4 Å². The first-order valence-corrected chi connectivity index (χ1v) is 9.43. The van der Waals surface area contributed by atoms with Crippen molar-refractivity contribution in [2.45, 2.75) is 18.9 Å².